The summed E-state index contributed by atoms with van der Waals surface area (Å²) < 4.78 is 31.6. The van der Waals surface area contributed by atoms with Gasteiger partial charge in [-0.2, -0.15) is 8.78 Å². The molecule has 78 valence electrons. The highest BCUT2D eigenvalue weighted by atomic mass is 19.3. The maximum absolute atomic E-state index is 13.6. The fourth-order valence-corrected chi connectivity index (χ4v) is 1.64. The number of ether oxygens (including phenoxy) is 1. The number of rotatable bonds is 3. The number of hydrogen-bond donors (Lipinski definition) is 0. The Morgan fingerprint density at radius 1 is 1.21 bits per heavy atom. The molecule has 1 aromatic rings. The zero-order valence-corrected chi connectivity index (χ0v) is 8.60. The molecule has 0 amide bonds. The highest BCUT2D eigenvalue weighted by Gasteiger charge is 2.34. The number of aryl methyl sites for hydroxylation is 2. The van der Waals surface area contributed by atoms with Crippen LogP contribution in [0.3, 0.4) is 0 Å². The fraction of sp³-hybridized carbons (Fsp3) is 0.455. The maximum Gasteiger partial charge on any atom is 0.296 e. The molecule has 0 fully saturated rings. The van der Waals surface area contributed by atoms with Crippen LogP contribution in [0.2, 0.25) is 0 Å². The van der Waals surface area contributed by atoms with Crippen molar-refractivity contribution in [3.8, 4) is 0 Å². The Kier molecular flexibility index (Phi) is 3.21. The lowest BCUT2D eigenvalue weighted by atomic mass is 9.98. The summed E-state index contributed by atoms with van der Waals surface area (Å²) in [6.07, 6.45) is 0. The third-order valence-electron chi connectivity index (χ3n) is 2.17. The van der Waals surface area contributed by atoms with Gasteiger partial charge in [0.05, 0.1) is 0 Å². The first-order chi connectivity index (χ1) is 6.49. The van der Waals surface area contributed by atoms with Crippen LogP contribution < -0.4 is 0 Å². The Labute approximate surface area is 82.7 Å². The van der Waals surface area contributed by atoms with Crippen LogP contribution in [0.1, 0.15) is 16.7 Å². The predicted molar refractivity (Wildman–Crippen MR) is 51.7 cm³/mol. The molecule has 0 aromatic heterocycles. The Morgan fingerprint density at radius 3 is 2.14 bits per heavy atom. The SMILES string of the molecule is COCC(F)(F)c1c(C)cccc1C. The number of alkyl halides is 2. The quantitative estimate of drug-likeness (QED) is 0.728. The van der Waals surface area contributed by atoms with Crippen LogP contribution in [-0.2, 0) is 10.7 Å². The van der Waals surface area contributed by atoms with E-state index >= 15 is 0 Å². The number of methoxy groups -OCH3 is 1. The summed E-state index contributed by atoms with van der Waals surface area (Å²) in [5.41, 5.74) is 1.29. The van der Waals surface area contributed by atoms with E-state index in [2.05, 4.69) is 4.74 Å². The van der Waals surface area contributed by atoms with Crippen LogP contribution in [-0.4, -0.2) is 13.7 Å². The molecule has 0 N–H and O–H groups in total. The zero-order valence-electron chi connectivity index (χ0n) is 8.60. The van der Waals surface area contributed by atoms with Gasteiger partial charge in [-0.25, -0.2) is 0 Å². The predicted octanol–water partition coefficient (Wildman–Crippen LogP) is 3.04. The summed E-state index contributed by atoms with van der Waals surface area (Å²) in [5.74, 6) is -2.90. The fourth-order valence-electron chi connectivity index (χ4n) is 1.64. The highest BCUT2D eigenvalue weighted by Crippen LogP contribution is 2.32. The molecule has 0 spiro atoms. The van der Waals surface area contributed by atoms with E-state index in [9.17, 15) is 8.78 Å². The first-order valence-electron chi connectivity index (χ1n) is 4.42. The monoisotopic (exact) mass is 200 g/mol. The van der Waals surface area contributed by atoms with Gasteiger partial charge in [-0.3, -0.25) is 0 Å². The Balaban J connectivity index is 3.17. The first kappa shape index (κ1) is 11.1. The zero-order chi connectivity index (χ0) is 10.8. The average molecular weight is 200 g/mol. The van der Waals surface area contributed by atoms with E-state index < -0.39 is 12.5 Å². The number of hydrogen-bond acceptors (Lipinski definition) is 1. The van der Waals surface area contributed by atoms with Gasteiger partial charge in [0.1, 0.15) is 6.61 Å². The van der Waals surface area contributed by atoms with Gasteiger partial charge in [0.15, 0.2) is 0 Å². The van der Waals surface area contributed by atoms with Gasteiger partial charge in [-0.15, -0.1) is 0 Å². The van der Waals surface area contributed by atoms with Crippen molar-refractivity contribution in [1.29, 1.82) is 0 Å². The van der Waals surface area contributed by atoms with Crippen molar-refractivity contribution in [3.63, 3.8) is 0 Å². The van der Waals surface area contributed by atoms with E-state index in [4.69, 9.17) is 0 Å². The lowest BCUT2D eigenvalue weighted by Crippen LogP contribution is -2.22. The van der Waals surface area contributed by atoms with Crippen molar-refractivity contribution in [3.05, 3.63) is 34.9 Å². The molecule has 1 aromatic carbocycles. The molecule has 0 unspecified atom stereocenters. The molecule has 0 aliphatic carbocycles. The molecule has 1 rings (SSSR count). The average Bonchev–Trinajstić information content (AvgIpc) is 2.02. The summed E-state index contributed by atoms with van der Waals surface area (Å²) in [6.45, 7) is 2.80. The van der Waals surface area contributed by atoms with Gasteiger partial charge in [-0.1, -0.05) is 18.2 Å². The van der Waals surface area contributed by atoms with Crippen LogP contribution in [0, 0.1) is 13.8 Å². The molecular formula is C11H14F2O. The van der Waals surface area contributed by atoms with Crippen molar-refractivity contribution in [1.82, 2.24) is 0 Å². The van der Waals surface area contributed by atoms with Gasteiger partial charge in [-0.05, 0) is 25.0 Å². The van der Waals surface area contributed by atoms with Gasteiger partial charge < -0.3 is 4.74 Å². The second-order valence-corrected chi connectivity index (χ2v) is 3.40. The summed E-state index contributed by atoms with van der Waals surface area (Å²) in [7, 11) is 1.28. The lowest BCUT2D eigenvalue weighted by Gasteiger charge is -2.20. The molecule has 0 atom stereocenters. The molecule has 0 bridgehead atoms. The van der Waals surface area contributed by atoms with E-state index in [0.29, 0.717) is 11.1 Å². The minimum Gasteiger partial charge on any atom is -0.378 e. The van der Waals surface area contributed by atoms with Crippen LogP contribution in [0.25, 0.3) is 0 Å². The molecule has 0 aliphatic heterocycles. The van der Waals surface area contributed by atoms with Crippen LogP contribution in [0.15, 0.2) is 18.2 Å². The molecule has 1 nitrogen and oxygen atoms in total. The van der Waals surface area contributed by atoms with Crippen LogP contribution in [0.5, 0.6) is 0 Å². The topological polar surface area (TPSA) is 9.23 Å². The summed E-state index contributed by atoms with van der Waals surface area (Å²) >= 11 is 0. The van der Waals surface area contributed by atoms with E-state index in [-0.39, 0.29) is 5.56 Å². The molecule has 0 radical (unpaired) electrons. The van der Waals surface area contributed by atoms with E-state index in [1.807, 2.05) is 0 Å². The molecule has 0 aliphatic rings. The molecule has 0 saturated carbocycles. The number of halogens is 2. The van der Waals surface area contributed by atoms with Crippen LogP contribution in [0.4, 0.5) is 8.78 Å². The largest absolute Gasteiger partial charge is 0.378 e. The Morgan fingerprint density at radius 2 is 1.71 bits per heavy atom. The van der Waals surface area contributed by atoms with Crippen molar-refractivity contribution >= 4 is 0 Å². The van der Waals surface area contributed by atoms with Crippen molar-refractivity contribution < 1.29 is 13.5 Å². The van der Waals surface area contributed by atoms with Crippen molar-refractivity contribution in [2.24, 2.45) is 0 Å². The highest BCUT2D eigenvalue weighted by molar-refractivity contribution is 5.37. The minimum atomic E-state index is -2.90. The smallest absolute Gasteiger partial charge is 0.296 e. The first-order valence-corrected chi connectivity index (χ1v) is 4.42. The van der Waals surface area contributed by atoms with E-state index in [0.717, 1.165) is 0 Å². The summed E-state index contributed by atoms with van der Waals surface area (Å²) in [5, 5.41) is 0. The van der Waals surface area contributed by atoms with E-state index in [1.165, 1.54) is 7.11 Å². The minimum absolute atomic E-state index is 0.0850. The molecule has 3 heteroatoms. The van der Waals surface area contributed by atoms with Crippen molar-refractivity contribution in [2.45, 2.75) is 19.8 Å². The van der Waals surface area contributed by atoms with Gasteiger partial charge >= 0.3 is 0 Å². The van der Waals surface area contributed by atoms with Gasteiger partial charge in [0.25, 0.3) is 5.92 Å². The summed E-state index contributed by atoms with van der Waals surface area (Å²) in [6, 6.07) is 5.15. The number of benzene rings is 1. The molecule has 0 saturated heterocycles. The third-order valence-corrected chi connectivity index (χ3v) is 2.17. The molecular weight excluding hydrogens is 186 g/mol. The third kappa shape index (κ3) is 2.10. The van der Waals surface area contributed by atoms with Gasteiger partial charge in [0, 0.05) is 12.7 Å². The molecule has 14 heavy (non-hydrogen) atoms. The van der Waals surface area contributed by atoms with Crippen LogP contribution >= 0.6 is 0 Å². The Hall–Kier alpha value is -0.960. The summed E-state index contributed by atoms with van der Waals surface area (Å²) in [4.78, 5) is 0. The van der Waals surface area contributed by atoms with E-state index in [1.54, 1.807) is 32.0 Å². The van der Waals surface area contributed by atoms with Gasteiger partial charge in [0.2, 0.25) is 0 Å². The second kappa shape index (κ2) is 4.05. The standard InChI is InChI=1S/C11H14F2O/c1-8-5-4-6-9(2)10(8)11(12,13)7-14-3/h4-6H,7H2,1-3H3. The molecule has 0 heterocycles. The normalized spacial score (nSPS) is 11.8. The Bertz CT molecular complexity index is 301. The van der Waals surface area contributed by atoms with Crippen molar-refractivity contribution in [2.75, 3.05) is 13.7 Å². The maximum atomic E-state index is 13.6. The lowest BCUT2D eigenvalue weighted by molar-refractivity contribution is -0.0706. The second-order valence-electron chi connectivity index (χ2n) is 3.40.